The van der Waals surface area contributed by atoms with Gasteiger partial charge in [0.15, 0.2) is 0 Å². The highest BCUT2D eigenvalue weighted by Crippen LogP contribution is 2.22. The molecule has 7 heteroatoms. The van der Waals surface area contributed by atoms with E-state index in [1.807, 2.05) is 4.57 Å². The van der Waals surface area contributed by atoms with Gasteiger partial charge in [-0.3, -0.25) is 4.90 Å². The maximum atomic E-state index is 12.1. The SMILES string of the molecule is Cc1ccccc1N1CCCN(Cc2cnc(S(C)(=O)=O)n2CC(C)C)CC1. The average Bonchev–Trinajstić information content (AvgIpc) is 2.85. The number of sulfone groups is 1. The first-order chi connectivity index (χ1) is 13.3. The molecule has 3 rings (SSSR count). The Morgan fingerprint density at radius 3 is 2.54 bits per heavy atom. The highest BCUT2D eigenvalue weighted by molar-refractivity contribution is 7.90. The third-order valence-corrected chi connectivity index (χ3v) is 6.20. The van der Waals surface area contributed by atoms with Crippen LogP contribution in [0.3, 0.4) is 0 Å². The smallest absolute Gasteiger partial charge is 0.227 e. The van der Waals surface area contributed by atoms with Gasteiger partial charge in [-0.25, -0.2) is 13.4 Å². The standard InChI is InChI=1S/C21H32N4O2S/c1-17(2)15-25-19(14-22-21(25)28(4,26)27)16-23-10-7-11-24(13-12-23)20-9-6-5-8-18(20)3/h5-6,8-9,14,17H,7,10-13,15-16H2,1-4H3. The van der Waals surface area contributed by atoms with Gasteiger partial charge in [0.1, 0.15) is 0 Å². The van der Waals surface area contributed by atoms with Crippen molar-refractivity contribution in [3.05, 3.63) is 41.7 Å². The van der Waals surface area contributed by atoms with Crippen molar-refractivity contribution < 1.29 is 8.42 Å². The van der Waals surface area contributed by atoms with Gasteiger partial charge in [0, 0.05) is 51.2 Å². The quantitative estimate of drug-likeness (QED) is 0.741. The number of imidazole rings is 1. The Kier molecular flexibility index (Phi) is 6.45. The summed E-state index contributed by atoms with van der Waals surface area (Å²) in [5, 5.41) is 0.188. The van der Waals surface area contributed by atoms with Crippen molar-refractivity contribution in [1.29, 1.82) is 0 Å². The highest BCUT2D eigenvalue weighted by Gasteiger charge is 2.22. The number of aryl methyl sites for hydroxylation is 1. The molecule has 0 aliphatic carbocycles. The van der Waals surface area contributed by atoms with Crippen molar-refractivity contribution in [2.75, 3.05) is 37.3 Å². The number of hydrogen-bond acceptors (Lipinski definition) is 5. The van der Waals surface area contributed by atoms with Gasteiger partial charge in [-0.05, 0) is 30.9 Å². The van der Waals surface area contributed by atoms with E-state index < -0.39 is 9.84 Å². The molecular weight excluding hydrogens is 372 g/mol. The summed E-state index contributed by atoms with van der Waals surface area (Å²) in [7, 11) is -3.33. The maximum Gasteiger partial charge on any atom is 0.227 e. The number of anilines is 1. The summed E-state index contributed by atoms with van der Waals surface area (Å²) in [6.07, 6.45) is 4.07. The van der Waals surface area contributed by atoms with Crippen LogP contribution in [0.2, 0.25) is 0 Å². The zero-order valence-corrected chi connectivity index (χ0v) is 18.2. The van der Waals surface area contributed by atoms with Crippen LogP contribution in [0.1, 0.15) is 31.5 Å². The van der Waals surface area contributed by atoms with Gasteiger partial charge in [-0.1, -0.05) is 32.0 Å². The van der Waals surface area contributed by atoms with Crippen molar-refractivity contribution in [3.63, 3.8) is 0 Å². The molecule has 1 aliphatic rings. The molecular formula is C21H32N4O2S. The van der Waals surface area contributed by atoms with Crippen molar-refractivity contribution in [2.45, 2.75) is 45.4 Å². The normalized spacial score (nSPS) is 16.5. The molecule has 154 valence electrons. The number of aromatic nitrogens is 2. The molecule has 0 unspecified atom stereocenters. The summed E-state index contributed by atoms with van der Waals surface area (Å²) in [5.74, 6) is 0.356. The van der Waals surface area contributed by atoms with E-state index in [-0.39, 0.29) is 5.16 Å². The predicted octanol–water partition coefficient (Wildman–Crippen LogP) is 2.96. The monoisotopic (exact) mass is 404 g/mol. The fraction of sp³-hybridized carbons (Fsp3) is 0.571. The summed E-state index contributed by atoms with van der Waals surface area (Å²) in [5.41, 5.74) is 3.61. The zero-order valence-electron chi connectivity index (χ0n) is 17.4. The van der Waals surface area contributed by atoms with Crippen LogP contribution in [-0.2, 0) is 22.9 Å². The summed E-state index contributed by atoms with van der Waals surface area (Å²) in [4.78, 5) is 9.12. The minimum Gasteiger partial charge on any atom is -0.370 e. The van der Waals surface area contributed by atoms with E-state index in [0.29, 0.717) is 12.5 Å². The van der Waals surface area contributed by atoms with Crippen LogP contribution in [0.5, 0.6) is 0 Å². The van der Waals surface area contributed by atoms with Gasteiger partial charge < -0.3 is 9.47 Å². The Hall–Kier alpha value is -1.86. The molecule has 2 aromatic rings. The number of benzene rings is 1. The zero-order chi connectivity index (χ0) is 20.3. The van der Waals surface area contributed by atoms with E-state index in [4.69, 9.17) is 0 Å². The first-order valence-corrected chi connectivity index (χ1v) is 11.9. The molecule has 0 spiro atoms. The van der Waals surface area contributed by atoms with Crippen molar-refractivity contribution in [3.8, 4) is 0 Å². The molecule has 0 N–H and O–H groups in total. The Balaban J connectivity index is 1.74. The maximum absolute atomic E-state index is 12.1. The van der Waals surface area contributed by atoms with Crippen LogP contribution >= 0.6 is 0 Å². The molecule has 0 atom stereocenters. The van der Waals surface area contributed by atoms with E-state index >= 15 is 0 Å². The number of rotatable bonds is 6. The lowest BCUT2D eigenvalue weighted by Crippen LogP contribution is -2.31. The minimum absolute atomic E-state index is 0.188. The molecule has 1 saturated heterocycles. The second-order valence-electron chi connectivity index (χ2n) is 8.21. The van der Waals surface area contributed by atoms with Gasteiger partial charge in [-0.15, -0.1) is 0 Å². The fourth-order valence-corrected chi connectivity index (χ4v) is 4.73. The number of hydrogen-bond donors (Lipinski definition) is 0. The Bertz CT molecular complexity index is 905. The molecule has 28 heavy (non-hydrogen) atoms. The van der Waals surface area contributed by atoms with Crippen LogP contribution in [0.15, 0.2) is 35.6 Å². The van der Waals surface area contributed by atoms with Gasteiger partial charge in [-0.2, -0.15) is 0 Å². The third-order valence-electron chi connectivity index (χ3n) is 5.21. The average molecular weight is 405 g/mol. The van der Waals surface area contributed by atoms with Crippen LogP contribution in [0.25, 0.3) is 0 Å². The number of nitrogens with zero attached hydrogens (tertiary/aromatic N) is 4. The molecule has 1 aromatic carbocycles. The fourth-order valence-electron chi connectivity index (χ4n) is 3.89. The van der Waals surface area contributed by atoms with Crippen molar-refractivity contribution in [1.82, 2.24) is 14.5 Å². The molecule has 2 heterocycles. The van der Waals surface area contributed by atoms with Crippen molar-refractivity contribution >= 4 is 15.5 Å². The lowest BCUT2D eigenvalue weighted by Gasteiger charge is -2.25. The Morgan fingerprint density at radius 1 is 1.11 bits per heavy atom. The summed E-state index contributed by atoms with van der Waals surface area (Å²) < 4.78 is 26.1. The second kappa shape index (κ2) is 8.66. The molecule has 0 saturated carbocycles. The summed E-state index contributed by atoms with van der Waals surface area (Å²) >= 11 is 0. The van der Waals surface area contributed by atoms with E-state index in [1.54, 1.807) is 6.20 Å². The van der Waals surface area contributed by atoms with E-state index in [9.17, 15) is 8.42 Å². The molecule has 0 amide bonds. The Morgan fingerprint density at radius 2 is 1.86 bits per heavy atom. The van der Waals surface area contributed by atoms with E-state index in [1.165, 1.54) is 17.5 Å². The number of para-hydroxylation sites is 1. The van der Waals surface area contributed by atoms with E-state index in [2.05, 4.69) is 59.8 Å². The first kappa shape index (κ1) is 20.9. The lowest BCUT2D eigenvalue weighted by molar-refractivity contribution is 0.274. The molecule has 1 aliphatic heterocycles. The van der Waals surface area contributed by atoms with Crippen LogP contribution < -0.4 is 4.90 Å². The highest BCUT2D eigenvalue weighted by atomic mass is 32.2. The molecule has 1 aromatic heterocycles. The lowest BCUT2D eigenvalue weighted by atomic mass is 10.2. The topological polar surface area (TPSA) is 58.4 Å². The largest absolute Gasteiger partial charge is 0.370 e. The molecule has 6 nitrogen and oxygen atoms in total. The van der Waals surface area contributed by atoms with Crippen LogP contribution in [-0.4, -0.2) is 55.3 Å². The predicted molar refractivity (Wildman–Crippen MR) is 113 cm³/mol. The molecule has 0 radical (unpaired) electrons. The minimum atomic E-state index is -3.33. The van der Waals surface area contributed by atoms with Crippen LogP contribution in [0, 0.1) is 12.8 Å². The van der Waals surface area contributed by atoms with Crippen LogP contribution in [0.4, 0.5) is 5.69 Å². The summed E-state index contributed by atoms with van der Waals surface area (Å²) in [6.45, 7) is 11.7. The summed E-state index contributed by atoms with van der Waals surface area (Å²) in [6, 6.07) is 8.54. The van der Waals surface area contributed by atoms with Gasteiger partial charge in [0.25, 0.3) is 0 Å². The van der Waals surface area contributed by atoms with Gasteiger partial charge >= 0.3 is 0 Å². The second-order valence-corrected chi connectivity index (χ2v) is 10.1. The first-order valence-electron chi connectivity index (χ1n) is 10.0. The van der Waals surface area contributed by atoms with Gasteiger partial charge in [0.05, 0.1) is 11.9 Å². The van der Waals surface area contributed by atoms with Gasteiger partial charge in [0.2, 0.25) is 15.0 Å². The molecule has 1 fully saturated rings. The van der Waals surface area contributed by atoms with Crippen molar-refractivity contribution in [2.24, 2.45) is 5.92 Å². The Labute approximate surface area is 169 Å². The van der Waals surface area contributed by atoms with E-state index in [0.717, 1.165) is 44.8 Å². The molecule has 0 bridgehead atoms. The third kappa shape index (κ3) is 4.94.